The van der Waals surface area contributed by atoms with E-state index in [1.165, 1.54) is 12.8 Å². The molecule has 0 unspecified atom stereocenters. The first-order chi connectivity index (χ1) is 12.6. The first kappa shape index (κ1) is 19.2. The van der Waals surface area contributed by atoms with Crippen LogP contribution in [0.15, 0.2) is 24.3 Å². The zero-order chi connectivity index (χ0) is 18.4. The molecule has 2 aliphatic heterocycles. The first-order valence-corrected chi connectivity index (χ1v) is 10.0. The molecule has 5 nitrogen and oxygen atoms in total. The smallest absolute Gasteiger partial charge is 0.227 e. The maximum Gasteiger partial charge on any atom is 0.227 e. The lowest BCUT2D eigenvalue weighted by molar-refractivity contribution is -0.139. The van der Waals surface area contributed by atoms with Crippen molar-refractivity contribution in [3.05, 3.63) is 34.9 Å². The lowest BCUT2D eigenvalue weighted by Crippen LogP contribution is -2.51. The average Bonchev–Trinajstić information content (AvgIpc) is 2.67. The molecule has 0 atom stereocenters. The molecule has 26 heavy (non-hydrogen) atoms. The summed E-state index contributed by atoms with van der Waals surface area (Å²) in [4.78, 5) is 28.7. The molecule has 0 aliphatic carbocycles. The molecule has 2 aliphatic rings. The minimum Gasteiger partial charge on any atom is -0.339 e. The van der Waals surface area contributed by atoms with E-state index in [-0.39, 0.29) is 11.8 Å². The van der Waals surface area contributed by atoms with Crippen LogP contribution in [0.4, 0.5) is 0 Å². The largest absolute Gasteiger partial charge is 0.339 e. The fraction of sp³-hybridized carbons (Fsp3) is 0.600. The van der Waals surface area contributed by atoms with Gasteiger partial charge in [0.1, 0.15) is 0 Å². The van der Waals surface area contributed by atoms with Crippen LogP contribution in [-0.4, -0.2) is 60.9 Å². The van der Waals surface area contributed by atoms with Crippen molar-refractivity contribution in [1.82, 2.24) is 15.1 Å². The van der Waals surface area contributed by atoms with E-state index in [0.717, 1.165) is 25.1 Å². The highest BCUT2D eigenvalue weighted by Crippen LogP contribution is 2.19. The Hall–Kier alpha value is -1.59. The lowest BCUT2D eigenvalue weighted by atomic mass is 9.93. The third kappa shape index (κ3) is 5.45. The van der Waals surface area contributed by atoms with Gasteiger partial charge in [0.25, 0.3) is 0 Å². The third-order valence-corrected chi connectivity index (χ3v) is 5.69. The van der Waals surface area contributed by atoms with Crippen molar-refractivity contribution in [2.75, 3.05) is 39.3 Å². The molecule has 1 aromatic carbocycles. The molecule has 3 rings (SSSR count). The van der Waals surface area contributed by atoms with Gasteiger partial charge in [0.2, 0.25) is 11.8 Å². The van der Waals surface area contributed by atoms with Crippen molar-refractivity contribution in [3.8, 4) is 0 Å². The minimum absolute atomic E-state index is 0.106. The van der Waals surface area contributed by atoms with E-state index >= 15 is 0 Å². The number of rotatable bonds is 5. The summed E-state index contributed by atoms with van der Waals surface area (Å²) >= 11 is 5.98. The fourth-order valence-electron chi connectivity index (χ4n) is 3.79. The second kappa shape index (κ2) is 9.38. The Morgan fingerprint density at radius 2 is 1.69 bits per heavy atom. The average molecular weight is 378 g/mol. The molecular formula is C20H28ClN3O2. The molecule has 0 aromatic heterocycles. The maximum absolute atomic E-state index is 12.5. The highest BCUT2D eigenvalue weighted by molar-refractivity contribution is 6.30. The molecule has 1 N–H and O–H groups in total. The topological polar surface area (TPSA) is 52.7 Å². The predicted octanol–water partition coefficient (Wildman–Crippen LogP) is 2.33. The molecule has 142 valence electrons. The van der Waals surface area contributed by atoms with Gasteiger partial charge in [-0.1, -0.05) is 23.7 Å². The fourth-order valence-corrected chi connectivity index (χ4v) is 4.01. The Morgan fingerprint density at radius 1 is 1.04 bits per heavy atom. The van der Waals surface area contributed by atoms with Crippen molar-refractivity contribution in [2.45, 2.75) is 32.1 Å². The summed E-state index contributed by atoms with van der Waals surface area (Å²) in [6, 6.07) is 7.43. The van der Waals surface area contributed by atoms with E-state index in [2.05, 4.69) is 5.32 Å². The van der Waals surface area contributed by atoms with Gasteiger partial charge < -0.3 is 15.1 Å². The Kier molecular flexibility index (Phi) is 6.92. The molecule has 0 radical (unpaired) electrons. The zero-order valence-electron chi connectivity index (χ0n) is 15.3. The van der Waals surface area contributed by atoms with Gasteiger partial charge in [-0.25, -0.2) is 0 Å². The number of amides is 2. The standard InChI is InChI=1S/C20H28ClN3O2/c21-18-3-1-2-17(14-18)15-20(26)24-12-10-23(11-13-24)19(25)5-4-16-6-8-22-9-7-16/h1-3,14,16,22H,4-13,15H2. The highest BCUT2D eigenvalue weighted by atomic mass is 35.5. The molecule has 6 heteroatoms. The van der Waals surface area contributed by atoms with Crippen LogP contribution in [-0.2, 0) is 16.0 Å². The molecule has 0 saturated carbocycles. The lowest BCUT2D eigenvalue weighted by Gasteiger charge is -2.35. The number of carbonyl (C=O) groups excluding carboxylic acids is 2. The SMILES string of the molecule is O=C(CCC1CCNCC1)N1CCN(C(=O)Cc2cccc(Cl)c2)CC1. The molecule has 0 bridgehead atoms. The van der Waals surface area contributed by atoms with Crippen molar-refractivity contribution in [3.63, 3.8) is 0 Å². The summed E-state index contributed by atoms with van der Waals surface area (Å²) in [5.41, 5.74) is 0.933. The summed E-state index contributed by atoms with van der Waals surface area (Å²) in [6.45, 7) is 4.69. The molecule has 0 spiro atoms. The second-order valence-corrected chi connectivity index (χ2v) is 7.74. The van der Waals surface area contributed by atoms with Gasteiger partial charge >= 0.3 is 0 Å². The molecule has 2 amide bonds. The molecule has 2 fully saturated rings. The van der Waals surface area contributed by atoms with E-state index in [1.807, 2.05) is 34.1 Å². The summed E-state index contributed by atoms with van der Waals surface area (Å²) < 4.78 is 0. The zero-order valence-corrected chi connectivity index (χ0v) is 16.0. The normalized spacial score (nSPS) is 18.8. The molecule has 2 saturated heterocycles. The number of halogens is 1. The Balaban J connectivity index is 1.40. The van der Waals surface area contributed by atoms with Crippen LogP contribution in [0.2, 0.25) is 5.02 Å². The van der Waals surface area contributed by atoms with Crippen LogP contribution in [0.1, 0.15) is 31.2 Å². The molecular weight excluding hydrogens is 350 g/mol. The monoisotopic (exact) mass is 377 g/mol. The number of carbonyl (C=O) groups is 2. The van der Waals surface area contributed by atoms with Crippen LogP contribution < -0.4 is 5.32 Å². The number of hydrogen-bond acceptors (Lipinski definition) is 3. The summed E-state index contributed by atoms with van der Waals surface area (Å²) in [5, 5.41) is 4.01. The Morgan fingerprint density at radius 3 is 2.35 bits per heavy atom. The first-order valence-electron chi connectivity index (χ1n) is 9.62. The third-order valence-electron chi connectivity index (χ3n) is 5.45. The predicted molar refractivity (Wildman–Crippen MR) is 103 cm³/mol. The number of benzene rings is 1. The number of hydrogen-bond donors (Lipinski definition) is 1. The van der Waals surface area contributed by atoms with E-state index < -0.39 is 0 Å². The van der Waals surface area contributed by atoms with E-state index in [1.54, 1.807) is 0 Å². The quantitative estimate of drug-likeness (QED) is 0.856. The number of piperazine rings is 1. The van der Waals surface area contributed by atoms with Gasteiger partial charge in [0, 0.05) is 37.6 Å². The van der Waals surface area contributed by atoms with Crippen LogP contribution >= 0.6 is 11.6 Å². The number of nitrogens with one attached hydrogen (secondary N) is 1. The van der Waals surface area contributed by atoms with Crippen molar-refractivity contribution >= 4 is 23.4 Å². The van der Waals surface area contributed by atoms with E-state index in [4.69, 9.17) is 11.6 Å². The summed E-state index contributed by atoms with van der Waals surface area (Å²) in [5.74, 6) is 1.03. The van der Waals surface area contributed by atoms with E-state index in [9.17, 15) is 9.59 Å². The molecule has 2 heterocycles. The Labute approximate surface area is 160 Å². The van der Waals surface area contributed by atoms with E-state index in [0.29, 0.717) is 50.0 Å². The number of piperidine rings is 1. The van der Waals surface area contributed by atoms with Crippen LogP contribution in [0.25, 0.3) is 0 Å². The molecule has 1 aromatic rings. The van der Waals surface area contributed by atoms with Gasteiger partial charge in [-0.15, -0.1) is 0 Å². The second-order valence-electron chi connectivity index (χ2n) is 7.30. The van der Waals surface area contributed by atoms with Crippen LogP contribution in [0.5, 0.6) is 0 Å². The highest BCUT2D eigenvalue weighted by Gasteiger charge is 2.24. The minimum atomic E-state index is 0.106. The van der Waals surface area contributed by atoms with Gasteiger partial charge in [-0.05, 0) is 56.0 Å². The maximum atomic E-state index is 12.5. The van der Waals surface area contributed by atoms with Gasteiger partial charge in [0.15, 0.2) is 0 Å². The Bertz CT molecular complexity index is 623. The van der Waals surface area contributed by atoms with Crippen LogP contribution in [0.3, 0.4) is 0 Å². The van der Waals surface area contributed by atoms with Crippen LogP contribution in [0, 0.1) is 5.92 Å². The van der Waals surface area contributed by atoms with Gasteiger partial charge in [-0.3, -0.25) is 9.59 Å². The number of nitrogens with zero attached hydrogens (tertiary/aromatic N) is 2. The summed E-state index contributed by atoms with van der Waals surface area (Å²) in [7, 11) is 0. The van der Waals surface area contributed by atoms with Gasteiger partial charge in [-0.2, -0.15) is 0 Å². The summed E-state index contributed by atoms with van der Waals surface area (Å²) in [6.07, 6.45) is 4.36. The van der Waals surface area contributed by atoms with Crippen molar-refractivity contribution in [1.29, 1.82) is 0 Å². The van der Waals surface area contributed by atoms with Gasteiger partial charge in [0.05, 0.1) is 6.42 Å². The van der Waals surface area contributed by atoms with Crippen molar-refractivity contribution in [2.24, 2.45) is 5.92 Å². The van der Waals surface area contributed by atoms with Crippen molar-refractivity contribution < 1.29 is 9.59 Å².